The van der Waals surface area contributed by atoms with Gasteiger partial charge in [0.25, 0.3) is 0 Å². The molecule has 2 saturated heterocycles. The molecule has 168 valence electrons. The van der Waals surface area contributed by atoms with Crippen LogP contribution in [0, 0.1) is 11.2 Å². The number of hydrogen-bond donors (Lipinski definition) is 1. The first-order valence-electron chi connectivity index (χ1n) is 9.40. The number of ether oxygens (including phenoxy) is 1. The summed E-state index contributed by atoms with van der Waals surface area (Å²) in [6.07, 6.45) is -11.4. The Kier molecular flexibility index (Phi) is 5.96. The highest BCUT2D eigenvalue weighted by molar-refractivity contribution is 5.74. The monoisotopic (exact) mass is 442 g/mol. The molecule has 0 aliphatic carbocycles. The van der Waals surface area contributed by atoms with Crippen LogP contribution in [0.5, 0.6) is 0 Å². The van der Waals surface area contributed by atoms with Crippen LogP contribution in [0.3, 0.4) is 0 Å². The second kappa shape index (κ2) is 7.90. The van der Waals surface area contributed by atoms with Crippen LogP contribution in [-0.2, 0) is 10.2 Å². The van der Waals surface area contributed by atoms with E-state index in [4.69, 9.17) is 4.74 Å². The molecule has 2 heterocycles. The van der Waals surface area contributed by atoms with E-state index in [1.807, 2.05) is 0 Å². The quantitative estimate of drug-likeness (QED) is 0.706. The molecule has 1 aromatic rings. The summed E-state index contributed by atoms with van der Waals surface area (Å²) in [5.74, 6) is -0.482. The van der Waals surface area contributed by atoms with Gasteiger partial charge in [-0.05, 0) is 37.0 Å². The SMILES string of the molecule is O=C(NCC1(c2cccc(F)c2)CCOCC1)N1CCC(C(F)(F)F)(C(F)(F)F)C1. The summed E-state index contributed by atoms with van der Waals surface area (Å²) in [5.41, 5.74) is -4.07. The Labute approximate surface area is 168 Å². The van der Waals surface area contributed by atoms with Crippen LogP contribution in [0.25, 0.3) is 0 Å². The van der Waals surface area contributed by atoms with Gasteiger partial charge < -0.3 is 15.0 Å². The van der Waals surface area contributed by atoms with Gasteiger partial charge in [0, 0.05) is 38.3 Å². The number of likely N-dealkylation sites (tertiary alicyclic amines) is 1. The van der Waals surface area contributed by atoms with E-state index in [2.05, 4.69) is 5.32 Å². The van der Waals surface area contributed by atoms with Gasteiger partial charge in [-0.2, -0.15) is 26.3 Å². The van der Waals surface area contributed by atoms with Crippen molar-refractivity contribution in [3.05, 3.63) is 35.6 Å². The molecular weight excluding hydrogens is 421 g/mol. The minimum atomic E-state index is -5.52. The van der Waals surface area contributed by atoms with E-state index < -0.39 is 54.5 Å². The Hall–Kier alpha value is -2.04. The molecule has 0 spiro atoms. The summed E-state index contributed by atoms with van der Waals surface area (Å²) >= 11 is 0. The first kappa shape index (κ1) is 22.6. The van der Waals surface area contributed by atoms with Crippen LogP contribution in [-0.4, -0.2) is 56.1 Å². The van der Waals surface area contributed by atoms with E-state index in [9.17, 15) is 35.5 Å². The number of carbonyl (C=O) groups excluding carboxylic acids is 1. The number of alkyl halides is 6. The van der Waals surface area contributed by atoms with E-state index in [-0.39, 0.29) is 6.54 Å². The Bertz CT molecular complexity index is 759. The average molecular weight is 442 g/mol. The van der Waals surface area contributed by atoms with Gasteiger partial charge in [-0.15, -0.1) is 0 Å². The minimum absolute atomic E-state index is 0.0554. The molecular formula is C19H21F7N2O2. The fourth-order valence-corrected chi connectivity index (χ4v) is 4.11. The summed E-state index contributed by atoms with van der Waals surface area (Å²) in [7, 11) is 0. The third-order valence-electron chi connectivity index (χ3n) is 6.11. The maximum atomic E-state index is 13.7. The number of benzene rings is 1. The van der Waals surface area contributed by atoms with E-state index in [1.165, 1.54) is 18.2 Å². The van der Waals surface area contributed by atoms with Gasteiger partial charge in [-0.1, -0.05) is 12.1 Å². The van der Waals surface area contributed by atoms with Gasteiger partial charge in [0.1, 0.15) is 5.82 Å². The van der Waals surface area contributed by atoms with Crippen LogP contribution in [0.15, 0.2) is 24.3 Å². The van der Waals surface area contributed by atoms with E-state index in [1.54, 1.807) is 6.07 Å². The fourth-order valence-electron chi connectivity index (χ4n) is 4.11. The lowest BCUT2D eigenvalue weighted by atomic mass is 9.74. The molecule has 11 heteroatoms. The molecule has 0 atom stereocenters. The number of nitrogens with one attached hydrogen (secondary N) is 1. The largest absolute Gasteiger partial charge is 0.404 e. The Morgan fingerprint density at radius 3 is 2.23 bits per heavy atom. The number of nitrogens with zero attached hydrogens (tertiary/aromatic N) is 1. The number of hydrogen-bond acceptors (Lipinski definition) is 2. The average Bonchev–Trinajstić information content (AvgIpc) is 3.14. The zero-order valence-electron chi connectivity index (χ0n) is 15.9. The second-order valence-corrected chi connectivity index (χ2v) is 7.81. The highest BCUT2D eigenvalue weighted by atomic mass is 19.4. The highest BCUT2D eigenvalue weighted by Gasteiger charge is 2.73. The molecule has 0 aromatic heterocycles. The lowest BCUT2D eigenvalue weighted by Gasteiger charge is -2.38. The topological polar surface area (TPSA) is 41.6 Å². The maximum absolute atomic E-state index is 13.7. The fraction of sp³-hybridized carbons (Fsp3) is 0.632. The summed E-state index contributed by atoms with van der Waals surface area (Å²) in [6, 6.07) is 4.74. The van der Waals surface area contributed by atoms with Gasteiger partial charge in [-0.25, -0.2) is 9.18 Å². The zero-order chi connectivity index (χ0) is 22.2. The molecule has 2 aliphatic heterocycles. The Morgan fingerprint density at radius 2 is 1.70 bits per heavy atom. The standard InChI is InChI=1S/C19H21F7N2O2/c20-14-3-1-2-13(10-14)16(5-8-30-9-6-16)11-27-15(29)28-7-4-17(12-28,18(21,22)23)19(24,25)26/h1-3,10H,4-9,11-12H2,(H,27,29). The van der Waals surface area contributed by atoms with Gasteiger partial charge in [0.15, 0.2) is 5.41 Å². The third kappa shape index (κ3) is 4.08. The van der Waals surface area contributed by atoms with Crippen molar-refractivity contribution in [2.24, 2.45) is 5.41 Å². The number of urea groups is 1. The van der Waals surface area contributed by atoms with Crippen molar-refractivity contribution in [2.45, 2.75) is 37.0 Å². The summed E-state index contributed by atoms with van der Waals surface area (Å²) < 4.78 is 98.3. The van der Waals surface area contributed by atoms with Crippen LogP contribution in [0.2, 0.25) is 0 Å². The van der Waals surface area contributed by atoms with Crippen molar-refractivity contribution in [3.8, 4) is 0 Å². The lowest BCUT2D eigenvalue weighted by molar-refractivity contribution is -0.334. The molecule has 0 saturated carbocycles. The van der Waals surface area contributed by atoms with Gasteiger partial charge >= 0.3 is 18.4 Å². The molecule has 30 heavy (non-hydrogen) atoms. The second-order valence-electron chi connectivity index (χ2n) is 7.81. The predicted molar refractivity (Wildman–Crippen MR) is 92.3 cm³/mol. The van der Waals surface area contributed by atoms with Crippen molar-refractivity contribution < 1.29 is 40.3 Å². The van der Waals surface area contributed by atoms with Crippen LogP contribution >= 0.6 is 0 Å². The smallest absolute Gasteiger partial charge is 0.381 e. The van der Waals surface area contributed by atoms with Crippen LogP contribution < -0.4 is 5.32 Å². The molecule has 2 amide bonds. The number of rotatable bonds is 3. The van der Waals surface area contributed by atoms with Crippen molar-refractivity contribution >= 4 is 6.03 Å². The Morgan fingerprint density at radius 1 is 1.07 bits per heavy atom. The van der Waals surface area contributed by atoms with Crippen molar-refractivity contribution in [1.29, 1.82) is 0 Å². The summed E-state index contributed by atoms with van der Waals surface area (Å²) in [5, 5.41) is 2.47. The molecule has 1 aromatic carbocycles. The third-order valence-corrected chi connectivity index (χ3v) is 6.11. The number of amides is 2. The van der Waals surface area contributed by atoms with Crippen LogP contribution in [0.4, 0.5) is 35.5 Å². The van der Waals surface area contributed by atoms with Gasteiger partial charge in [0.05, 0.1) is 0 Å². The first-order valence-corrected chi connectivity index (χ1v) is 9.40. The first-order chi connectivity index (χ1) is 13.9. The normalized spacial score (nSPS) is 21.5. The molecule has 3 rings (SSSR count). The number of halogens is 7. The predicted octanol–water partition coefficient (Wildman–Crippen LogP) is 4.40. The van der Waals surface area contributed by atoms with Gasteiger partial charge in [0.2, 0.25) is 0 Å². The summed E-state index contributed by atoms with van der Waals surface area (Å²) in [6.45, 7) is -1.54. The zero-order valence-corrected chi connectivity index (χ0v) is 15.9. The lowest BCUT2D eigenvalue weighted by Crippen LogP contribution is -2.53. The van der Waals surface area contributed by atoms with E-state index in [0.717, 1.165) is 0 Å². The maximum Gasteiger partial charge on any atom is 0.404 e. The van der Waals surface area contributed by atoms with Crippen molar-refractivity contribution in [3.63, 3.8) is 0 Å². The molecule has 1 N–H and O–H groups in total. The molecule has 4 nitrogen and oxygen atoms in total. The van der Waals surface area contributed by atoms with Gasteiger partial charge in [-0.3, -0.25) is 0 Å². The van der Waals surface area contributed by atoms with Crippen molar-refractivity contribution in [2.75, 3.05) is 32.8 Å². The number of carbonyl (C=O) groups is 1. The molecule has 0 unspecified atom stereocenters. The Balaban J connectivity index is 1.74. The van der Waals surface area contributed by atoms with E-state index in [0.29, 0.717) is 36.5 Å². The van der Waals surface area contributed by atoms with Crippen molar-refractivity contribution in [1.82, 2.24) is 10.2 Å². The molecule has 0 bridgehead atoms. The molecule has 0 radical (unpaired) electrons. The van der Waals surface area contributed by atoms with E-state index >= 15 is 0 Å². The van der Waals surface area contributed by atoms with Crippen LogP contribution in [0.1, 0.15) is 24.8 Å². The molecule has 2 fully saturated rings. The summed E-state index contributed by atoms with van der Waals surface area (Å²) in [4.78, 5) is 13.0. The minimum Gasteiger partial charge on any atom is -0.381 e. The highest BCUT2D eigenvalue weighted by Crippen LogP contribution is 2.55. The molecule has 2 aliphatic rings.